The van der Waals surface area contributed by atoms with Gasteiger partial charge in [-0.2, -0.15) is 0 Å². The molecule has 0 aliphatic heterocycles. The van der Waals surface area contributed by atoms with Gasteiger partial charge >= 0.3 is 5.97 Å². The molecule has 0 aromatic rings. The van der Waals surface area contributed by atoms with E-state index in [-0.39, 0.29) is 5.97 Å². The molecule has 3 nitrogen and oxygen atoms in total. The summed E-state index contributed by atoms with van der Waals surface area (Å²) in [4.78, 5) is 22.3. The summed E-state index contributed by atoms with van der Waals surface area (Å²) in [5.74, 6) is 0.657. The summed E-state index contributed by atoms with van der Waals surface area (Å²) < 4.78 is 5.54. The van der Waals surface area contributed by atoms with Crippen molar-refractivity contribution in [3.8, 4) is 0 Å². The van der Waals surface area contributed by atoms with Crippen LogP contribution >= 0.6 is 0 Å². The lowest BCUT2D eigenvalue weighted by molar-refractivity contribution is -0.144. The van der Waals surface area contributed by atoms with Gasteiger partial charge in [0, 0.05) is 12.8 Å². The Morgan fingerprint density at radius 3 is 1.55 bits per heavy atom. The summed E-state index contributed by atoms with van der Waals surface area (Å²) in [6.45, 7) is 5.14. The summed E-state index contributed by atoms with van der Waals surface area (Å²) in [6, 6.07) is 0. The number of ether oxygens (including phenoxy) is 1. The first-order valence-electron chi connectivity index (χ1n) is 14.8. The molecule has 0 bridgehead atoms. The van der Waals surface area contributed by atoms with Crippen molar-refractivity contribution in [1.82, 2.24) is 0 Å². The van der Waals surface area contributed by atoms with Crippen LogP contribution in [0.3, 0.4) is 0 Å². The van der Waals surface area contributed by atoms with E-state index in [0.717, 1.165) is 32.0 Å². The van der Waals surface area contributed by atoms with Gasteiger partial charge in [-0.15, -0.1) is 0 Å². The second-order valence-electron chi connectivity index (χ2n) is 10.2. The second kappa shape index (κ2) is 27.4. The first-order chi connectivity index (χ1) is 16.2. The lowest BCUT2D eigenvalue weighted by atomic mass is 9.91. The molecule has 0 aliphatic carbocycles. The first kappa shape index (κ1) is 32.1. The predicted molar refractivity (Wildman–Crippen MR) is 143 cm³/mol. The monoisotopic (exact) mass is 466 g/mol. The van der Waals surface area contributed by atoms with E-state index in [1.165, 1.54) is 116 Å². The van der Waals surface area contributed by atoms with Crippen molar-refractivity contribution in [2.24, 2.45) is 5.92 Å². The number of esters is 1. The molecular weight excluding hydrogens is 408 g/mol. The second-order valence-corrected chi connectivity index (χ2v) is 10.2. The molecular formula is C30H58O3. The van der Waals surface area contributed by atoms with E-state index in [1.54, 1.807) is 0 Å². The number of aldehydes is 1. The molecule has 0 saturated heterocycles. The van der Waals surface area contributed by atoms with Gasteiger partial charge in [0.1, 0.15) is 6.29 Å². The standard InChI is InChI=1S/C30H58O3/c1-3-5-7-9-11-13-15-19-23-29(24-20-16-14-12-10-8-6-4-2)26-28-33-30(32)25-21-17-18-22-27-31/h27,29H,3-26,28H2,1-2H3. The van der Waals surface area contributed by atoms with Crippen molar-refractivity contribution in [3.63, 3.8) is 0 Å². The quantitative estimate of drug-likeness (QED) is 0.0687. The minimum atomic E-state index is -0.0565. The molecule has 0 amide bonds. The molecule has 0 atom stereocenters. The van der Waals surface area contributed by atoms with E-state index in [1.807, 2.05) is 0 Å². The van der Waals surface area contributed by atoms with Crippen LogP contribution in [0.1, 0.15) is 168 Å². The maximum atomic E-state index is 12.0. The number of rotatable bonds is 27. The Labute approximate surface area is 207 Å². The molecule has 0 spiro atoms. The highest BCUT2D eigenvalue weighted by Gasteiger charge is 2.11. The molecule has 0 heterocycles. The van der Waals surface area contributed by atoms with E-state index in [4.69, 9.17) is 4.74 Å². The van der Waals surface area contributed by atoms with Crippen molar-refractivity contribution in [2.45, 2.75) is 168 Å². The number of carbonyl (C=O) groups excluding carboxylic acids is 2. The molecule has 33 heavy (non-hydrogen) atoms. The maximum Gasteiger partial charge on any atom is 0.305 e. The summed E-state index contributed by atoms with van der Waals surface area (Å²) in [7, 11) is 0. The van der Waals surface area contributed by atoms with Crippen molar-refractivity contribution in [2.75, 3.05) is 6.61 Å². The van der Waals surface area contributed by atoms with Crippen LogP contribution in [0.25, 0.3) is 0 Å². The Balaban J connectivity index is 4.00. The smallest absolute Gasteiger partial charge is 0.305 e. The van der Waals surface area contributed by atoms with E-state index >= 15 is 0 Å². The number of hydrogen-bond donors (Lipinski definition) is 0. The fourth-order valence-electron chi connectivity index (χ4n) is 4.65. The highest BCUT2D eigenvalue weighted by atomic mass is 16.5. The molecule has 3 heteroatoms. The molecule has 0 saturated carbocycles. The Kier molecular flexibility index (Phi) is 26.7. The third-order valence-corrected chi connectivity index (χ3v) is 6.92. The van der Waals surface area contributed by atoms with Crippen LogP contribution in [0.15, 0.2) is 0 Å². The van der Waals surface area contributed by atoms with Crippen LogP contribution in [0.2, 0.25) is 0 Å². The third-order valence-electron chi connectivity index (χ3n) is 6.92. The molecule has 0 radical (unpaired) electrons. The van der Waals surface area contributed by atoms with E-state index in [0.29, 0.717) is 25.4 Å². The summed E-state index contributed by atoms with van der Waals surface area (Å²) in [6.07, 6.45) is 30.3. The molecule has 0 aliphatic rings. The van der Waals surface area contributed by atoms with E-state index in [2.05, 4.69) is 13.8 Å². The zero-order chi connectivity index (χ0) is 24.2. The summed E-state index contributed by atoms with van der Waals surface area (Å²) in [5.41, 5.74) is 0. The normalized spacial score (nSPS) is 11.2. The lowest BCUT2D eigenvalue weighted by Crippen LogP contribution is -2.10. The van der Waals surface area contributed by atoms with Crippen LogP contribution in [-0.4, -0.2) is 18.9 Å². The molecule has 0 unspecified atom stereocenters. The predicted octanol–water partition coefficient (Wildman–Crippen LogP) is 9.75. The Morgan fingerprint density at radius 1 is 0.606 bits per heavy atom. The SMILES string of the molecule is CCCCCCCCCCC(CCCCCCCCCC)CCOC(=O)CCCCCC=O. The molecule has 0 rings (SSSR count). The van der Waals surface area contributed by atoms with Crippen molar-refractivity contribution >= 4 is 12.3 Å². The van der Waals surface area contributed by atoms with Gasteiger partial charge in [0.15, 0.2) is 0 Å². The minimum absolute atomic E-state index is 0.0565. The molecule has 196 valence electrons. The molecule has 0 fully saturated rings. The van der Waals surface area contributed by atoms with Gasteiger partial charge < -0.3 is 9.53 Å². The van der Waals surface area contributed by atoms with E-state index < -0.39 is 0 Å². The van der Waals surface area contributed by atoms with Gasteiger partial charge in [0.2, 0.25) is 0 Å². The van der Waals surface area contributed by atoms with Gasteiger partial charge in [-0.25, -0.2) is 0 Å². The van der Waals surface area contributed by atoms with Gasteiger partial charge in [-0.05, 0) is 25.2 Å². The van der Waals surface area contributed by atoms with Gasteiger partial charge in [-0.3, -0.25) is 4.79 Å². The topological polar surface area (TPSA) is 43.4 Å². The average molecular weight is 467 g/mol. The van der Waals surface area contributed by atoms with Gasteiger partial charge in [0.05, 0.1) is 6.61 Å². The average Bonchev–Trinajstić information content (AvgIpc) is 2.81. The third kappa shape index (κ3) is 25.6. The highest BCUT2D eigenvalue weighted by Crippen LogP contribution is 2.22. The van der Waals surface area contributed by atoms with Gasteiger partial charge in [0.25, 0.3) is 0 Å². The Hall–Kier alpha value is -0.860. The van der Waals surface area contributed by atoms with Crippen LogP contribution in [-0.2, 0) is 14.3 Å². The molecule has 0 aromatic heterocycles. The Morgan fingerprint density at radius 2 is 1.06 bits per heavy atom. The first-order valence-corrected chi connectivity index (χ1v) is 14.8. The van der Waals surface area contributed by atoms with Crippen LogP contribution < -0.4 is 0 Å². The van der Waals surface area contributed by atoms with Crippen LogP contribution in [0, 0.1) is 5.92 Å². The Bertz CT molecular complexity index is 387. The van der Waals surface area contributed by atoms with Crippen LogP contribution in [0.5, 0.6) is 0 Å². The fourth-order valence-corrected chi connectivity index (χ4v) is 4.65. The highest BCUT2D eigenvalue weighted by molar-refractivity contribution is 5.69. The van der Waals surface area contributed by atoms with Crippen LogP contribution in [0.4, 0.5) is 0 Å². The zero-order valence-electron chi connectivity index (χ0n) is 22.6. The van der Waals surface area contributed by atoms with E-state index in [9.17, 15) is 9.59 Å². The molecule has 0 N–H and O–H groups in total. The number of hydrogen-bond acceptors (Lipinski definition) is 3. The summed E-state index contributed by atoms with van der Waals surface area (Å²) in [5, 5.41) is 0. The van der Waals surface area contributed by atoms with Gasteiger partial charge in [-0.1, -0.05) is 136 Å². The van der Waals surface area contributed by atoms with Crippen molar-refractivity contribution in [3.05, 3.63) is 0 Å². The molecule has 0 aromatic carbocycles. The zero-order valence-corrected chi connectivity index (χ0v) is 22.6. The number of carbonyl (C=O) groups is 2. The maximum absolute atomic E-state index is 12.0. The number of unbranched alkanes of at least 4 members (excludes halogenated alkanes) is 17. The minimum Gasteiger partial charge on any atom is -0.466 e. The lowest BCUT2D eigenvalue weighted by Gasteiger charge is -2.17. The van der Waals surface area contributed by atoms with Crippen molar-refractivity contribution < 1.29 is 14.3 Å². The summed E-state index contributed by atoms with van der Waals surface area (Å²) >= 11 is 0. The largest absolute Gasteiger partial charge is 0.466 e. The van der Waals surface area contributed by atoms with Crippen molar-refractivity contribution in [1.29, 1.82) is 0 Å². The fraction of sp³-hybridized carbons (Fsp3) is 0.933.